The Morgan fingerprint density at radius 2 is 1.45 bits per heavy atom. The van der Waals surface area contributed by atoms with Gasteiger partial charge in [-0.15, -0.1) is 0 Å². The summed E-state index contributed by atoms with van der Waals surface area (Å²) in [6.07, 6.45) is 0.392. The minimum Gasteiger partial charge on any atom is -0.453 e. The van der Waals surface area contributed by atoms with Gasteiger partial charge in [-0.25, -0.2) is 4.18 Å². The predicted molar refractivity (Wildman–Crippen MR) is 152 cm³/mol. The van der Waals surface area contributed by atoms with Crippen molar-refractivity contribution in [1.29, 1.82) is 0 Å². The molecule has 2 aliphatic heterocycles. The number of ether oxygens (including phenoxy) is 2. The van der Waals surface area contributed by atoms with Crippen molar-refractivity contribution >= 4 is 50.0 Å². The third-order valence-corrected chi connectivity index (χ3v) is 7.75. The molecule has 2 atom stereocenters. The highest BCUT2D eigenvalue weighted by atomic mass is 79.9. The first-order valence-electron chi connectivity index (χ1n) is 12.3. The van der Waals surface area contributed by atoms with E-state index >= 15 is 0 Å². The molecular formula is C29H25BrN2O5S. The van der Waals surface area contributed by atoms with Crippen LogP contribution in [0.2, 0.25) is 0 Å². The first-order valence-corrected chi connectivity index (χ1v) is 14.2. The third kappa shape index (κ3) is 4.45. The van der Waals surface area contributed by atoms with Crippen LogP contribution in [0.25, 0.3) is 0 Å². The maximum Gasteiger partial charge on any atom is 0.304 e. The Balaban J connectivity index is 1.43. The fourth-order valence-corrected chi connectivity index (χ4v) is 6.06. The second kappa shape index (κ2) is 10.4. The first-order chi connectivity index (χ1) is 18.5. The van der Waals surface area contributed by atoms with Crippen LogP contribution in [0.15, 0.2) is 89.4 Å². The van der Waals surface area contributed by atoms with Crippen molar-refractivity contribution in [2.45, 2.75) is 26.0 Å². The molecule has 0 saturated carbocycles. The van der Waals surface area contributed by atoms with Crippen molar-refractivity contribution in [2.24, 2.45) is 0 Å². The number of hydrogen-bond acceptors (Lipinski definition) is 6. The van der Waals surface area contributed by atoms with Gasteiger partial charge in [0.1, 0.15) is 0 Å². The number of anilines is 4. The van der Waals surface area contributed by atoms with Crippen LogP contribution in [0.4, 0.5) is 22.7 Å². The van der Waals surface area contributed by atoms with E-state index < -0.39 is 17.6 Å². The number of aryl methyl sites for hydroxylation is 1. The molecule has 2 aliphatic rings. The maximum atomic E-state index is 12.1. The van der Waals surface area contributed by atoms with Crippen molar-refractivity contribution < 1.29 is 22.4 Å². The second-order valence-corrected chi connectivity index (χ2v) is 10.4. The van der Waals surface area contributed by atoms with Gasteiger partial charge in [-0.3, -0.25) is 4.55 Å². The van der Waals surface area contributed by atoms with E-state index in [9.17, 15) is 8.76 Å². The highest BCUT2D eigenvalue weighted by Gasteiger charge is 2.35. The highest BCUT2D eigenvalue weighted by molar-refractivity contribution is 9.10. The highest BCUT2D eigenvalue weighted by Crippen LogP contribution is 2.52. The molecule has 6 rings (SSSR count). The Kier molecular flexibility index (Phi) is 6.84. The number of rotatable bonds is 7. The van der Waals surface area contributed by atoms with Crippen LogP contribution < -0.4 is 19.3 Å². The van der Waals surface area contributed by atoms with Crippen molar-refractivity contribution in [3.63, 3.8) is 0 Å². The summed E-state index contributed by atoms with van der Waals surface area (Å²) < 4.78 is 41.1. The van der Waals surface area contributed by atoms with Crippen molar-refractivity contribution in [3.8, 4) is 23.0 Å². The average Bonchev–Trinajstić information content (AvgIpc) is 2.93. The lowest BCUT2D eigenvalue weighted by Gasteiger charge is -2.40. The van der Waals surface area contributed by atoms with Crippen LogP contribution in [-0.4, -0.2) is 21.5 Å². The van der Waals surface area contributed by atoms with E-state index in [0.717, 1.165) is 50.7 Å². The summed E-state index contributed by atoms with van der Waals surface area (Å²) in [5.41, 5.74) is 4.48. The molecule has 2 unspecified atom stereocenters. The number of hydrogen-bond donors (Lipinski definition) is 1. The molecule has 194 valence electrons. The lowest BCUT2D eigenvalue weighted by Crippen LogP contribution is -2.39. The van der Waals surface area contributed by atoms with Gasteiger partial charge < -0.3 is 19.3 Å². The molecule has 0 bridgehead atoms. The molecule has 0 saturated heterocycles. The lowest BCUT2D eigenvalue weighted by atomic mass is 10.0. The molecule has 0 fully saturated rings. The van der Waals surface area contributed by atoms with E-state index in [1.54, 1.807) is 0 Å². The summed E-state index contributed by atoms with van der Waals surface area (Å²) in [6, 6.07) is 27.3. The SMILES string of the molecule is CCc1cccc2c1N(C(CCN1c3ccccc3Oc3cccc(Br)c31)OS(=O)O)c1ccccc1O2. The molecule has 38 heavy (non-hydrogen) atoms. The normalized spacial score (nSPS) is 14.8. The quantitative estimate of drug-likeness (QED) is 0.217. The Morgan fingerprint density at radius 3 is 2.16 bits per heavy atom. The summed E-state index contributed by atoms with van der Waals surface area (Å²) in [4.78, 5) is 4.16. The standard InChI is InChI=1S/C29H25BrN2O5S/c1-2-19-9-7-15-25-28(19)32(22-12-4-6-14-24(22)36-25)27(37-38(33)34)17-18-31-21-11-3-5-13-23(21)35-26-16-8-10-20(30)29(26)31/h3-16,27H,2,17-18H2,1H3,(H,33,34). The molecule has 0 amide bonds. The number of nitrogens with zero attached hydrogens (tertiary/aromatic N) is 2. The maximum absolute atomic E-state index is 12.1. The molecule has 1 N–H and O–H groups in total. The summed E-state index contributed by atoms with van der Waals surface area (Å²) in [6.45, 7) is 2.56. The summed E-state index contributed by atoms with van der Waals surface area (Å²) in [5.74, 6) is 2.83. The summed E-state index contributed by atoms with van der Waals surface area (Å²) in [5, 5.41) is 0. The van der Waals surface area contributed by atoms with Crippen molar-refractivity contribution in [2.75, 3.05) is 16.3 Å². The lowest BCUT2D eigenvalue weighted by molar-refractivity contribution is 0.198. The molecule has 2 heterocycles. The smallest absolute Gasteiger partial charge is 0.304 e. The zero-order valence-corrected chi connectivity index (χ0v) is 22.9. The number of benzene rings is 4. The Morgan fingerprint density at radius 1 is 0.842 bits per heavy atom. The molecule has 4 aromatic rings. The monoisotopic (exact) mass is 592 g/mol. The van der Waals surface area contributed by atoms with E-state index in [1.807, 2.05) is 89.8 Å². The zero-order chi connectivity index (χ0) is 26.2. The third-order valence-electron chi connectivity index (χ3n) is 6.73. The van der Waals surface area contributed by atoms with Gasteiger partial charge in [0.15, 0.2) is 29.2 Å². The van der Waals surface area contributed by atoms with Gasteiger partial charge in [-0.2, -0.15) is 4.21 Å². The average molecular weight is 593 g/mol. The number of halogens is 1. The van der Waals surface area contributed by atoms with E-state index in [1.165, 1.54) is 0 Å². The fourth-order valence-electron chi connectivity index (χ4n) is 5.12. The Bertz CT molecular complexity index is 1530. The molecular weight excluding hydrogens is 568 g/mol. The molecule has 0 spiro atoms. The van der Waals surface area contributed by atoms with Crippen molar-refractivity contribution in [3.05, 3.63) is 95.0 Å². The number of fused-ring (bicyclic) bond motifs is 4. The van der Waals surface area contributed by atoms with Crippen LogP contribution in [0, 0.1) is 0 Å². The largest absolute Gasteiger partial charge is 0.453 e. The fraction of sp³-hybridized carbons (Fsp3) is 0.172. The van der Waals surface area contributed by atoms with Crippen LogP contribution in [0.1, 0.15) is 18.9 Å². The van der Waals surface area contributed by atoms with E-state index in [2.05, 4.69) is 27.8 Å². The van der Waals surface area contributed by atoms with Gasteiger partial charge in [-0.05, 0) is 70.4 Å². The Labute approximate surface area is 232 Å². The predicted octanol–water partition coefficient (Wildman–Crippen LogP) is 8.07. The van der Waals surface area contributed by atoms with Gasteiger partial charge >= 0.3 is 11.4 Å². The van der Waals surface area contributed by atoms with Crippen LogP contribution in [0.3, 0.4) is 0 Å². The molecule has 0 aromatic heterocycles. The molecule has 9 heteroatoms. The van der Waals surface area contributed by atoms with Gasteiger partial charge in [0.05, 0.1) is 22.7 Å². The van der Waals surface area contributed by atoms with Crippen LogP contribution in [-0.2, 0) is 22.0 Å². The van der Waals surface area contributed by atoms with Crippen molar-refractivity contribution in [1.82, 2.24) is 0 Å². The van der Waals surface area contributed by atoms with E-state index in [4.69, 9.17) is 13.7 Å². The minimum atomic E-state index is -2.50. The second-order valence-electron chi connectivity index (χ2n) is 8.92. The summed E-state index contributed by atoms with van der Waals surface area (Å²) >= 11 is 1.20. The minimum absolute atomic E-state index is 0.396. The van der Waals surface area contributed by atoms with Gasteiger partial charge in [0.2, 0.25) is 0 Å². The Hall–Kier alpha value is -3.37. The molecule has 7 nitrogen and oxygen atoms in total. The van der Waals surface area contributed by atoms with Gasteiger partial charge in [-0.1, -0.05) is 49.4 Å². The van der Waals surface area contributed by atoms with E-state index in [-0.39, 0.29) is 0 Å². The van der Waals surface area contributed by atoms with Crippen LogP contribution in [0.5, 0.6) is 23.0 Å². The topological polar surface area (TPSA) is 71.5 Å². The zero-order valence-electron chi connectivity index (χ0n) is 20.5. The van der Waals surface area contributed by atoms with Gasteiger partial charge in [0.25, 0.3) is 0 Å². The number of para-hydroxylation sites is 6. The molecule has 0 radical (unpaired) electrons. The first kappa shape index (κ1) is 24.9. The molecule has 4 aromatic carbocycles. The van der Waals surface area contributed by atoms with E-state index in [0.29, 0.717) is 24.5 Å². The van der Waals surface area contributed by atoms with Gasteiger partial charge in [0, 0.05) is 17.4 Å². The summed E-state index contributed by atoms with van der Waals surface area (Å²) in [7, 11) is 0. The molecule has 0 aliphatic carbocycles. The van der Waals surface area contributed by atoms with Crippen LogP contribution >= 0.6 is 15.9 Å².